The minimum Gasteiger partial charge on any atom is -0.497 e. The van der Waals surface area contributed by atoms with Gasteiger partial charge in [0.2, 0.25) is 0 Å². The fraction of sp³-hybridized carbons (Fsp3) is 0.379. The van der Waals surface area contributed by atoms with Crippen molar-refractivity contribution in [1.82, 2.24) is 9.88 Å². The van der Waals surface area contributed by atoms with Gasteiger partial charge in [-0.25, -0.2) is 8.78 Å². The Labute approximate surface area is 230 Å². The van der Waals surface area contributed by atoms with Crippen LogP contribution in [0.4, 0.5) is 8.78 Å². The molecule has 1 saturated heterocycles. The molecule has 0 amide bonds. The van der Waals surface area contributed by atoms with Crippen LogP contribution in [0.2, 0.25) is 10.0 Å². The fourth-order valence-electron chi connectivity index (χ4n) is 5.04. The first-order chi connectivity index (χ1) is 18.2. The summed E-state index contributed by atoms with van der Waals surface area (Å²) in [6.07, 6.45) is 1.82. The van der Waals surface area contributed by atoms with Crippen LogP contribution < -0.4 is 4.74 Å². The first kappa shape index (κ1) is 28.1. The van der Waals surface area contributed by atoms with Crippen LogP contribution in [-0.2, 0) is 4.79 Å². The average molecular weight is 561 g/mol. The third kappa shape index (κ3) is 6.74. The molecule has 2 heterocycles. The predicted octanol–water partition coefficient (Wildman–Crippen LogP) is 7.09. The molecule has 38 heavy (non-hydrogen) atoms. The van der Waals surface area contributed by atoms with Gasteiger partial charge in [-0.3, -0.25) is 14.7 Å². The van der Waals surface area contributed by atoms with Crippen molar-refractivity contribution in [3.8, 4) is 17.6 Å². The van der Waals surface area contributed by atoms with Crippen LogP contribution in [0, 0.1) is 23.1 Å². The smallest absolute Gasteiger partial charge is 0.303 e. The lowest BCUT2D eigenvalue weighted by Crippen LogP contribution is -2.41. The zero-order valence-corrected chi connectivity index (χ0v) is 22.5. The fourth-order valence-corrected chi connectivity index (χ4v) is 5.43. The number of halogens is 4. The molecule has 1 aromatic heterocycles. The molecule has 1 fully saturated rings. The van der Waals surface area contributed by atoms with Crippen LogP contribution in [-0.4, -0.2) is 47.7 Å². The first-order valence-corrected chi connectivity index (χ1v) is 13.1. The predicted molar refractivity (Wildman–Crippen MR) is 145 cm³/mol. The number of nitrogens with zero attached hydrogens (tertiary/aromatic N) is 2. The highest BCUT2D eigenvalue weighted by Crippen LogP contribution is 2.44. The van der Waals surface area contributed by atoms with E-state index in [4.69, 9.17) is 27.9 Å². The van der Waals surface area contributed by atoms with Crippen LogP contribution >= 0.6 is 23.2 Å². The van der Waals surface area contributed by atoms with Crippen molar-refractivity contribution in [3.63, 3.8) is 0 Å². The highest BCUT2D eigenvalue weighted by atomic mass is 35.5. The molecule has 5 nitrogen and oxygen atoms in total. The number of likely N-dealkylation sites (tertiary alicyclic amines) is 1. The zero-order valence-electron chi connectivity index (χ0n) is 20.9. The maximum atomic E-state index is 15.7. The third-order valence-electron chi connectivity index (χ3n) is 7.21. The summed E-state index contributed by atoms with van der Waals surface area (Å²) >= 11 is 12.1. The van der Waals surface area contributed by atoms with Crippen molar-refractivity contribution >= 4 is 40.1 Å². The van der Waals surface area contributed by atoms with E-state index in [0.717, 1.165) is 0 Å². The number of benzene rings is 2. The number of aromatic nitrogens is 1. The molecule has 1 aliphatic heterocycles. The molecule has 1 atom stereocenters. The molecule has 200 valence electrons. The lowest BCUT2D eigenvalue weighted by atomic mass is 9.71. The molecule has 1 aliphatic rings. The summed E-state index contributed by atoms with van der Waals surface area (Å²) in [6, 6.07) is 9.67. The molecule has 0 unspecified atom stereocenters. The SMILES string of the molecule is COc1ccc2ncc(Cl)c([C@H](F)CCC3(CC(=O)O)CCN(CC#Cc4ccc(Cl)c(F)c4)CC3)c2c1. The summed E-state index contributed by atoms with van der Waals surface area (Å²) in [6.45, 7) is 1.76. The quantitative estimate of drug-likeness (QED) is 0.298. The molecule has 4 rings (SSSR count). The third-order valence-corrected chi connectivity index (χ3v) is 7.82. The van der Waals surface area contributed by atoms with E-state index in [9.17, 15) is 14.3 Å². The molecule has 0 aliphatic carbocycles. The summed E-state index contributed by atoms with van der Waals surface area (Å²) in [5.41, 5.74) is 0.987. The van der Waals surface area contributed by atoms with E-state index in [1.807, 2.05) is 0 Å². The number of carboxylic acid groups (broad SMARTS) is 1. The molecule has 0 bridgehead atoms. The lowest BCUT2D eigenvalue weighted by Gasteiger charge is -2.41. The van der Waals surface area contributed by atoms with Gasteiger partial charge in [0.15, 0.2) is 0 Å². The molecule has 3 aromatic rings. The maximum absolute atomic E-state index is 15.7. The van der Waals surface area contributed by atoms with Crippen LogP contribution in [0.5, 0.6) is 5.75 Å². The summed E-state index contributed by atoms with van der Waals surface area (Å²) in [5, 5.41) is 10.5. The minimum absolute atomic E-state index is 0.0259. The molecule has 0 saturated carbocycles. The number of hydrogen-bond acceptors (Lipinski definition) is 4. The summed E-state index contributed by atoms with van der Waals surface area (Å²) in [4.78, 5) is 18.2. The molecule has 0 spiro atoms. The molecule has 9 heteroatoms. The van der Waals surface area contributed by atoms with Crippen molar-refractivity contribution in [3.05, 3.63) is 69.6 Å². The topological polar surface area (TPSA) is 62.7 Å². The van der Waals surface area contributed by atoms with Gasteiger partial charge in [0.1, 0.15) is 17.7 Å². The summed E-state index contributed by atoms with van der Waals surface area (Å²) in [7, 11) is 1.54. The van der Waals surface area contributed by atoms with Gasteiger partial charge in [0.25, 0.3) is 0 Å². The standard InChI is InChI=1S/C29H28Cl2F2N2O3/c1-38-20-5-7-26-21(16-20)28(23(31)18-34-26)24(32)8-9-29(17-27(36)37)10-13-35(14-11-29)12-2-3-19-4-6-22(30)25(33)15-19/h4-7,15-16,18,24H,8-14,17H2,1H3,(H,36,37)/t24-/m1/s1. The largest absolute Gasteiger partial charge is 0.497 e. The van der Waals surface area contributed by atoms with Crippen molar-refractivity contribution in [2.45, 2.75) is 38.3 Å². The maximum Gasteiger partial charge on any atom is 0.303 e. The average Bonchev–Trinajstić information content (AvgIpc) is 2.90. The van der Waals surface area contributed by atoms with Gasteiger partial charge in [-0.1, -0.05) is 35.0 Å². The van der Waals surface area contributed by atoms with E-state index < -0.39 is 23.4 Å². The number of carbonyl (C=O) groups is 1. The van der Waals surface area contributed by atoms with E-state index in [2.05, 4.69) is 21.7 Å². The normalized spacial score (nSPS) is 16.0. The van der Waals surface area contributed by atoms with Crippen molar-refractivity contribution in [2.75, 3.05) is 26.7 Å². The number of hydrogen-bond donors (Lipinski definition) is 1. The number of pyridine rings is 1. The number of methoxy groups -OCH3 is 1. The molecular formula is C29H28Cl2F2N2O3. The molecule has 2 aromatic carbocycles. The van der Waals surface area contributed by atoms with E-state index in [-0.39, 0.29) is 22.9 Å². The Morgan fingerprint density at radius 1 is 1.21 bits per heavy atom. The summed E-state index contributed by atoms with van der Waals surface area (Å²) in [5.74, 6) is 5.16. The highest BCUT2D eigenvalue weighted by molar-refractivity contribution is 6.32. The Hall–Kier alpha value is -2.92. The van der Waals surface area contributed by atoms with E-state index >= 15 is 4.39 Å². The Morgan fingerprint density at radius 2 is 1.97 bits per heavy atom. The van der Waals surface area contributed by atoms with Crippen LogP contribution in [0.25, 0.3) is 10.9 Å². The first-order valence-electron chi connectivity index (χ1n) is 12.3. The van der Waals surface area contributed by atoms with E-state index in [1.54, 1.807) is 24.3 Å². The van der Waals surface area contributed by atoms with Gasteiger partial charge in [-0.05, 0) is 80.6 Å². The Morgan fingerprint density at radius 3 is 2.66 bits per heavy atom. The molecule has 1 N–H and O–H groups in total. The number of carboxylic acids is 1. The van der Waals surface area contributed by atoms with Gasteiger partial charge in [-0.2, -0.15) is 0 Å². The monoisotopic (exact) mass is 560 g/mol. The number of aliphatic carboxylic acids is 1. The second-order valence-corrected chi connectivity index (χ2v) is 10.5. The van der Waals surface area contributed by atoms with Crippen molar-refractivity contribution in [1.29, 1.82) is 0 Å². The van der Waals surface area contributed by atoms with Gasteiger partial charge in [0, 0.05) is 22.7 Å². The van der Waals surface area contributed by atoms with Gasteiger partial charge in [-0.15, -0.1) is 0 Å². The second-order valence-electron chi connectivity index (χ2n) is 9.69. The number of ether oxygens (including phenoxy) is 1. The molecule has 0 radical (unpaired) electrons. The number of piperidine rings is 1. The van der Waals surface area contributed by atoms with Crippen molar-refractivity contribution < 1.29 is 23.4 Å². The van der Waals surface area contributed by atoms with E-state index in [1.165, 1.54) is 25.4 Å². The van der Waals surface area contributed by atoms with Gasteiger partial charge < -0.3 is 9.84 Å². The van der Waals surface area contributed by atoms with Crippen LogP contribution in [0.3, 0.4) is 0 Å². The van der Waals surface area contributed by atoms with Crippen LogP contribution in [0.1, 0.15) is 49.4 Å². The minimum atomic E-state index is -1.38. The Bertz CT molecular complexity index is 1380. The zero-order chi connectivity index (χ0) is 27.3. The van der Waals surface area contributed by atoms with Crippen LogP contribution in [0.15, 0.2) is 42.6 Å². The summed E-state index contributed by atoms with van der Waals surface area (Å²) < 4.78 is 34.6. The van der Waals surface area contributed by atoms with Gasteiger partial charge >= 0.3 is 5.97 Å². The Balaban J connectivity index is 1.42. The second kappa shape index (κ2) is 12.3. The Kier molecular flexibility index (Phi) is 9.09. The number of fused-ring (bicyclic) bond motifs is 1. The van der Waals surface area contributed by atoms with Gasteiger partial charge in [0.05, 0.1) is 35.6 Å². The lowest BCUT2D eigenvalue weighted by molar-refractivity contribution is -0.141. The van der Waals surface area contributed by atoms with Crippen molar-refractivity contribution in [2.24, 2.45) is 5.41 Å². The number of alkyl halides is 1. The molecular weight excluding hydrogens is 533 g/mol. The van der Waals surface area contributed by atoms with E-state index in [0.29, 0.717) is 66.7 Å². The highest BCUT2D eigenvalue weighted by Gasteiger charge is 2.37. The number of rotatable bonds is 8.